The van der Waals surface area contributed by atoms with Gasteiger partial charge in [0.2, 0.25) is 5.91 Å². The molecule has 2 aliphatic heterocycles. The van der Waals surface area contributed by atoms with Gasteiger partial charge in [-0.05, 0) is 12.5 Å². The molecule has 11 atom stereocenters. The summed E-state index contributed by atoms with van der Waals surface area (Å²) in [5.74, 6) is -6.05. The number of aromatic nitrogens is 2. The summed E-state index contributed by atoms with van der Waals surface area (Å²) in [6, 6.07) is -0.351. The quantitative estimate of drug-likeness (QED) is 0.0850. The first-order chi connectivity index (χ1) is 20.6. The predicted octanol–water partition coefficient (Wildman–Crippen LogP) is -4.10. The van der Waals surface area contributed by atoms with E-state index in [-0.39, 0.29) is 12.2 Å². The van der Waals surface area contributed by atoms with Gasteiger partial charge in [0.25, 0.3) is 5.79 Å². The van der Waals surface area contributed by atoms with Crippen LogP contribution in [0.2, 0.25) is 0 Å². The number of carboxylic acid groups (broad SMARTS) is 1. The fourth-order valence-corrected chi connectivity index (χ4v) is 5.63. The number of aliphatic hydroxyl groups is 6. The molecule has 250 valence electrons. The van der Waals surface area contributed by atoms with Gasteiger partial charge in [0.05, 0.1) is 25.4 Å². The minimum atomic E-state index is -5.53. The fraction of sp³-hybridized carbons (Fsp3) is 0.739. The van der Waals surface area contributed by atoms with Gasteiger partial charge in [0.1, 0.15) is 42.4 Å². The molecule has 0 bridgehead atoms. The van der Waals surface area contributed by atoms with E-state index >= 15 is 0 Å². The first kappa shape index (κ1) is 35.9. The van der Waals surface area contributed by atoms with E-state index in [1.807, 2.05) is 6.92 Å². The highest BCUT2D eigenvalue weighted by atomic mass is 31.2. The molecule has 1 aromatic rings. The van der Waals surface area contributed by atoms with E-state index in [1.54, 1.807) is 0 Å². The van der Waals surface area contributed by atoms with Crippen LogP contribution in [0.5, 0.6) is 0 Å². The van der Waals surface area contributed by atoms with Gasteiger partial charge < -0.3 is 61.2 Å². The van der Waals surface area contributed by atoms with Crippen LogP contribution in [0.15, 0.2) is 17.1 Å². The molecule has 1 aromatic heterocycles. The number of nitrogens with one attached hydrogen (secondary N) is 1. The molecule has 21 heteroatoms. The predicted molar refractivity (Wildman–Crippen MR) is 142 cm³/mol. The van der Waals surface area contributed by atoms with E-state index in [2.05, 4.69) is 10.3 Å². The van der Waals surface area contributed by atoms with Crippen LogP contribution in [0.3, 0.4) is 0 Å². The molecule has 0 aliphatic carbocycles. The van der Waals surface area contributed by atoms with Crippen molar-refractivity contribution in [3.05, 3.63) is 22.7 Å². The number of nitrogens with two attached hydrogens (primary N) is 1. The van der Waals surface area contributed by atoms with Crippen LogP contribution in [0.4, 0.5) is 5.82 Å². The van der Waals surface area contributed by atoms with E-state index in [0.29, 0.717) is 12.8 Å². The van der Waals surface area contributed by atoms with Crippen LogP contribution in [-0.4, -0.2) is 130 Å². The molecular weight excluding hydrogens is 619 g/mol. The maximum atomic E-state index is 12.9. The monoisotopic (exact) mass is 656 g/mol. The number of rotatable bonds is 14. The van der Waals surface area contributed by atoms with Gasteiger partial charge in [-0.1, -0.05) is 13.3 Å². The molecule has 0 spiro atoms. The number of hydrogen-bond donors (Lipinski definition) is 10. The second-order valence-corrected chi connectivity index (χ2v) is 11.7. The molecule has 11 N–H and O–H groups in total. The van der Waals surface area contributed by atoms with Gasteiger partial charge in [-0.2, -0.15) is 4.98 Å². The normalized spacial score (nSPS) is 33.3. The van der Waals surface area contributed by atoms with Gasteiger partial charge in [-0.15, -0.1) is 0 Å². The lowest BCUT2D eigenvalue weighted by Crippen LogP contribution is -2.67. The van der Waals surface area contributed by atoms with Crippen LogP contribution in [0, 0.1) is 0 Å². The number of carbonyl (C=O) groups is 2. The summed E-state index contributed by atoms with van der Waals surface area (Å²) in [6.45, 7) is -0.253. The summed E-state index contributed by atoms with van der Waals surface area (Å²) >= 11 is 0. The third kappa shape index (κ3) is 8.16. The van der Waals surface area contributed by atoms with Gasteiger partial charge in [0.15, 0.2) is 6.23 Å². The van der Waals surface area contributed by atoms with E-state index < -0.39 is 106 Å². The average Bonchev–Trinajstić information content (AvgIpc) is 3.23. The Labute approximate surface area is 249 Å². The van der Waals surface area contributed by atoms with Crippen molar-refractivity contribution in [2.24, 2.45) is 0 Å². The van der Waals surface area contributed by atoms with Crippen molar-refractivity contribution in [1.29, 1.82) is 0 Å². The number of aliphatic carboxylic acids is 1. The van der Waals surface area contributed by atoms with Crippen molar-refractivity contribution in [3.8, 4) is 0 Å². The first-order valence-electron chi connectivity index (χ1n) is 13.5. The van der Waals surface area contributed by atoms with Gasteiger partial charge in [0, 0.05) is 19.0 Å². The van der Waals surface area contributed by atoms with Crippen LogP contribution in [-0.2, 0) is 32.7 Å². The molecule has 2 fully saturated rings. The minimum absolute atomic E-state index is 0.0144. The molecule has 2 saturated heterocycles. The van der Waals surface area contributed by atoms with Crippen LogP contribution >= 0.6 is 7.82 Å². The maximum absolute atomic E-state index is 12.9. The zero-order chi connectivity index (χ0) is 33.0. The Morgan fingerprint density at radius 3 is 2.57 bits per heavy atom. The molecule has 3 rings (SSSR count). The summed E-state index contributed by atoms with van der Waals surface area (Å²) < 4.78 is 34.1. The van der Waals surface area contributed by atoms with Gasteiger partial charge in [-0.25, -0.2) is 18.7 Å². The highest BCUT2D eigenvalue weighted by Gasteiger charge is 2.59. The molecule has 2 aliphatic rings. The second-order valence-electron chi connectivity index (χ2n) is 10.3. The standard InChI is InChI=1S/C23H37N4O16P/c1-2-3-4-14(31)26-15-10(29)7-23(21(35)36,42-19(15)16(32)11(30)8-28)43-44(38,39)40-9-12-17(33)18(34)20(41-12)27-6-5-13(24)25-22(27)37/h5-6,10-12,15-20,28-30,32-34H,2-4,7-9H2,1H3,(H,26,31)(H,35,36)(H,38,39)(H2,24,25,37)/t10-,11+,12+,15+,16+,17+,18+,19+,20+,23+/m0/s1. The Balaban J connectivity index is 1.79. The molecule has 44 heavy (non-hydrogen) atoms. The zero-order valence-electron chi connectivity index (χ0n) is 23.4. The number of phosphoric acid groups is 1. The lowest BCUT2D eigenvalue weighted by molar-refractivity contribution is -0.289. The summed E-state index contributed by atoms with van der Waals surface area (Å²) in [4.78, 5) is 50.7. The summed E-state index contributed by atoms with van der Waals surface area (Å²) in [7, 11) is -5.53. The first-order valence-corrected chi connectivity index (χ1v) is 14.9. The van der Waals surface area contributed by atoms with E-state index in [1.165, 1.54) is 6.07 Å². The molecular formula is C23H37N4O16P. The Morgan fingerprint density at radius 1 is 1.30 bits per heavy atom. The van der Waals surface area contributed by atoms with Crippen LogP contribution < -0.4 is 16.7 Å². The summed E-state index contributed by atoms with van der Waals surface area (Å²) in [5.41, 5.74) is 4.48. The number of hydrogen-bond acceptors (Lipinski definition) is 16. The smallest absolute Gasteiger partial charge is 0.475 e. The molecule has 0 radical (unpaired) electrons. The zero-order valence-corrected chi connectivity index (χ0v) is 24.3. The molecule has 1 amide bonds. The molecule has 3 heterocycles. The van der Waals surface area contributed by atoms with Crippen molar-refractivity contribution in [3.63, 3.8) is 0 Å². The minimum Gasteiger partial charge on any atom is -0.477 e. The van der Waals surface area contributed by atoms with Crippen LogP contribution in [0.1, 0.15) is 38.8 Å². The fourth-order valence-electron chi connectivity index (χ4n) is 4.68. The number of amides is 1. The second kappa shape index (κ2) is 14.7. The number of carbonyl (C=O) groups excluding carboxylic acids is 1. The van der Waals surface area contributed by atoms with Crippen molar-refractivity contribution >= 4 is 25.5 Å². The summed E-state index contributed by atoms with van der Waals surface area (Å²) in [5, 5.41) is 73.7. The maximum Gasteiger partial charge on any atom is 0.475 e. The number of phosphoric ester groups is 1. The van der Waals surface area contributed by atoms with Gasteiger partial charge in [-0.3, -0.25) is 13.9 Å². The van der Waals surface area contributed by atoms with Crippen molar-refractivity contribution in [2.45, 2.75) is 93.4 Å². The Morgan fingerprint density at radius 2 is 1.98 bits per heavy atom. The number of nitrogens with zero attached hydrogens (tertiary/aromatic N) is 2. The Hall–Kier alpha value is -2.59. The SMILES string of the molecule is CCCCC(=O)N[C@H]1[C@H]([C@H](O)[C@H](O)CO)O[C@](OP(=O)(O)OC[C@H]2O[C@@H](n3ccc(N)nc3=O)[C@H](O)[C@@H]2O)(C(=O)O)C[C@@H]1O. The van der Waals surface area contributed by atoms with Crippen molar-refractivity contribution in [2.75, 3.05) is 18.9 Å². The van der Waals surface area contributed by atoms with Crippen molar-refractivity contribution < 1.29 is 73.3 Å². The third-order valence-corrected chi connectivity index (χ3v) is 8.03. The topological polar surface area (TPSA) is 323 Å². The van der Waals surface area contributed by atoms with E-state index in [4.69, 9.17) is 24.3 Å². The van der Waals surface area contributed by atoms with Crippen LogP contribution in [0.25, 0.3) is 0 Å². The third-order valence-electron chi connectivity index (χ3n) is 7.03. The molecule has 0 saturated carbocycles. The molecule has 1 unspecified atom stereocenters. The average molecular weight is 657 g/mol. The number of anilines is 1. The number of carboxylic acids is 1. The highest BCUT2D eigenvalue weighted by Crippen LogP contribution is 2.51. The Kier molecular flexibility index (Phi) is 12.0. The Bertz CT molecular complexity index is 1270. The van der Waals surface area contributed by atoms with E-state index in [9.17, 15) is 59.6 Å². The molecule has 0 aromatic carbocycles. The number of unbranched alkanes of at least 4 members (excludes halogenated alkanes) is 1. The van der Waals surface area contributed by atoms with Crippen molar-refractivity contribution in [1.82, 2.24) is 14.9 Å². The summed E-state index contributed by atoms with van der Waals surface area (Å²) in [6.07, 6.45) is -13.5. The number of ether oxygens (including phenoxy) is 2. The number of aliphatic hydroxyl groups excluding tert-OH is 6. The largest absolute Gasteiger partial charge is 0.477 e. The van der Waals surface area contributed by atoms with E-state index in [0.717, 1.165) is 10.8 Å². The number of nitrogen functional groups attached to an aromatic ring is 1. The molecule has 20 nitrogen and oxygen atoms in total. The lowest BCUT2D eigenvalue weighted by atomic mass is 9.88. The highest BCUT2D eigenvalue weighted by molar-refractivity contribution is 7.47. The lowest BCUT2D eigenvalue weighted by Gasteiger charge is -2.46. The van der Waals surface area contributed by atoms with Gasteiger partial charge >= 0.3 is 19.5 Å².